The summed E-state index contributed by atoms with van der Waals surface area (Å²) in [7, 11) is 0. The zero-order chi connectivity index (χ0) is 18.9. The number of aromatic nitrogens is 2. The number of fused-ring (bicyclic) bond motifs is 1. The Hall–Kier alpha value is -2.28. The fraction of sp³-hybridized carbons (Fsp3) is 0.500. The van der Waals surface area contributed by atoms with Gasteiger partial charge < -0.3 is 19.1 Å². The number of pyridine rings is 1. The van der Waals surface area contributed by atoms with Gasteiger partial charge in [-0.1, -0.05) is 11.6 Å². The van der Waals surface area contributed by atoms with Gasteiger partial charge in [-0.15, -0.1) is 0 Å². The maximum Gasteiger partial charge on any atom is 0.410 e. The van der Waals surface area contributed by atoms with E-state index in [4.69, 9.17) is 16.3 Å². The molecule has 0 saturated carbocycles. The largest absolute Gasteiger partial charge is 0.444 e. The minimum absolute atomic E-state index is 0.0132. The standard InChI is InChI=1S/C18H23ClN4O3/c1-18(2,3)26-17(25)22-10-8-21(9-11-22)15(24)12-23-7-5-13-14(23)4-6-20-16(13)19/h4-7H,8-12H2,1-3H3. The monoisotopic (exact) mass is 378 g/mol. The van der Waals surface area contributed by atoms with Crippen molar-refractivity contribution in [3.8, 4) is 0 Å². The fourth-order valence-corrected chi connectivity index (χ4v) is 3.15. The SMILES string of the molecule is CC(C)(C)OC(=O)N1CCN(C(=O)Cn2ccc3c(Cl)nccc32)CC1. The number of halogens is 1. The molecule has 0 aliphatic carbocycles. The van der Waals surface area contributed by atoms with E-state index >= 15 is 0 Å². The molecule has 1 aliphatic heterocycles. The van der Waals surface area contributed by atoms with Crippen molar-refractivity contribution in [3.05, 3.63) is 29.7 Å². The van der Waals surface area contributed by atoms with E-state index in [1.165, 1.54) is 0 Å². The van der Waals surface area contributed by atoms with Crippen LogP contribution in [0.3, 0.4) is 0 Å². The molecule has 140 valence electrons. The summed E-state index contributed by atoms with van der Waals surface area (Å²) in [6.45, 7) is 7.71. The molecule has 0 bridgehead atoms. The van der Waals surface area contributed by atoms with Gasteiger partial charge in [-0.2, -0.15) is 0 Å². The molecular weight excluding hydrogens is 356 g/mol. The molecular formula is C18H23ClN4O3. The van der Waals surface area contributed by atoms with Crippen LogP contribution in [-0.4, -0.2) is 63.1 Å². The number of ether oxygens (including phenoxy) is 1. The first-order valence-corrected chi connectivity index (χ1v) is 8.97. The van der Waals surface area contributed by atoms with Crippen molar-refractivity contribution in [1.29, 1.82) is 0 Å². The molecule has 0 aromatic carbocycles. The van der Waals surface area contributed by atoms with Gasteiger partial charge in [0.25, 0.3) is 0 Å². The predicted molar refractivity (Wildman–Crippen MR) is 99.1 cm³/mol. The summed E-state index contributed by atoms with van der Waals surface area (Å²) in [6.07, 6.45) is 3.14. The van der Waals surface area contributed by atoms with Crippen molar-refractivity contribution in [2.75, 3.05) is 26.2 Å². The zero-order valence-corrected chi connectivity index (χ0v) is 16.0. The van der Waals surface area contributed by atoms with E-state index in [1.54, 1.807) is 16.0 Å². The highest BCUT2D eigenvalue weighted by molar-refractivity contribution is 6.34. The summed E-state index contributed by atoms with van der Waals surface area (Å²) in [5.41, 5.74) is 0.362. The molecule has 8 heteroatoms. The van der Waals surface area contributed by atoms with Crippen LogP contribution in [0, 0.1) is 0 Å². The zero-order valence-electron chi connectivity index (χ0n) is 15.2. The summed E-state index contributed by atoms with van der Waals surface area (Å²) in [5, 5.41) is 1.26. The lowest BCUT2D eigenvalue weighted by Gasteiger charge is -2.35. The van der Waals surface area contributed by atoms with E-state index < -0.39 is 5.60 Å². The Labute approximate surface area is 157 Å². The van der Waals surface area contributed by atoms with Crippen molar-refractivity contribution in [2.45, 2.75) is 32.9 Å². The van der Waals surface area contributed by atoms with Gasteiger partial charge in [0.2, 0.25) is 5.91 Å². The number of carbonyl (C=O) groups excluding carboxylic acids is 2. The van der Waals surface area contributed by atoms with Gasteiger partial charge >= 0.3 is 6.09 Å². The normalized spacial score (nSPS) is 15.4. The second kappa shape index (κ2) is 7.15. The number of amides is 2. The molecule has 2 amide bonds. The van der Waals surface area contributed by atoms with Crippen LogP contribution in [0.1, 0.15) is 20.8 Å². The van der Waals surface area contributed by atoms with Crippen LogP contribution in [0.15, 0.2) is 24.5 Å². The second-order valence-electron chi connectivity index (χ2n) is 7.33. The van der Waals surface area contributed by atoms with Gasteiger partial charge in [-0.05, 0) is 32.9 Å². The minimum Gasteiger partial charge on any atom is -0.444 e. The number of hydrogen-bond donors (Lipinski definition) is 0. The van der Waals surface area contributed by atoms with Crippen molar-refractivity contribution in [3.63, 3.8) is 0 Å². The molecule has 0 unspecified atom stereocenters. The van der Waals surface area contributed by atoms with Gasteiger partial charge in [-0.3, -0.25) is 4.79 Å². The van der Waals surface area contributed by atoms with E-state index in [-0.39, 0.29) is 18.5 Å². The van der Waals surface area contributed by atoms with E-state index in [0.717, 1.165) is 10.9 Å². The summed E-state index contributed by atoms with van der Waals surface area (Å²) in [6, 6.07) is 3.70. The van der Waals surface area contributed by atoms with Crippen LogP contribution in [0.4, 0.5) is 4.79 Å². The molecule has 2 aromatic heterocycles. The topological polar surface area (TPSA) is 67.7 Å². The number of piperazine rings is 1. The Morgan fingerprint density at radius 3 is 2.46 bits per heavy atom. The average Bonchev–Trinajstić information content (AvgIpc) is 2.98. The maximum atomic E-state index is 12.6. The molecule has 7 nitrogen and oxygen atoms in total. The van der Waals surface area contributed by atoms with Crippen LogP contribution in [0.2, 0.25) is 5.15 Å². The van der Waals surface area contributed by atoms with Gasteiger partial charge in [0.1, 0.15) is 17.3 Å². The third-order valence-electron chi connectivity index (χ3n) is 4.24. The number of hydrogen-bond acceptors (Lipinski definition) is 4. The molecule has 3 heterocycles. The van der Waals surface area contributed by atoms with E-state index in [9.17, 15) is 9.59 Å². The lowest BCUT2D eigenvalue weighted by atomic mass is 10.2. The summed E-state index contributed by atoms with van der Waals surface area (Å²) in [5.74, 6) is 0.0132. The summed E-state index contributed by atoms with van der Waals surface area (Å²) < 4.78 is 7.25. The first kappa shape index (κ1) is 18.5. The Balaban J connectivity index is 1.58. The molecule has 1 saturated heterocycles. The van der Waals surface area contributed by atoms with Gasteiger partial charge in [-0.25, -0.2) is 9.78 Å². The highest BCUT2D eigenvalue weighted by Crippen LogP contribution is 2.22. The Bertz CT molecular complexity index is 819. The van der Waals surface area contributed by atoms with Crippen LogP contribution in [-0.2, 0) is 16.1 Å². The van der Waals surface area contributed by atoms with E-state index in [0.29, 0.717) is 31.3 Å². The van der Waals surface area contributed by atoms with Crippen molar-refractivity contribution < 1.29 is 14.3 Å². The van der Waals surface area contributed by atoms with Crippen molar-refractivity contribution in [2.24, 2.45) is 0 Å². The van der Waals surface area contributed by atoms with Crippen molar-refractivity contribution in [1.82, 2.24) is 19.4 Å². The number of nitrogens with zero attached hydrogens (tertiary/aromatic N) is 4. The van der Waals surface area contributed by atoms with Gasteiger partial charge in [0.05, 0.1) is 5.52 Å². The highest BCUT2D eigenvalue weighted by Gasteiger charge is 2.27. The van der Waals surface area contributed by atoms with Crippen molar-refractivity contribution >= 4 is 34.5 Å². The van der Waals surface area contributed by atoms with Gasteiger partial charge in [0.15, 0.2) is 0 Å². The number of rotatable bonds is 2. The van der Waals surface area contributed by atoms with Gasteiger partial charge in [0, 0.05) is 44.0 Å². The first-order chi connectivity index (χ1) is 12.2. The Morgan fingerprint density at radius 2 is 1.81 bits per heavy atom. The summed E-state index contributed by atoms with van der Waals surface area (Å²) >= 11 is 6.08. The average molecular weight is 379 g/mol. The first-order valence-electron chi connectivity index (χ1n) is 8.60. The Morgan fingerprint density at radius 1 is 1.15 bits per heavy atom. The molecule has 26 heavy (non-hydrogen) atoms. The maximum absolute atomic E-state index is 12.6. The van der Waals surface area contributed by atoms with E-state index in [1.807, 2.05) is 43.7 Å². The molecule has 1 aliphatic rings. The minimum atomic E-state index is -0.518. The van der Waals surface area contributed by atoms with Crippen LogP contribution in [0.5, 0.6) is 0 Å². The van der Waals surface area contributed by atoms with E-state index in [2.05, 4.69) is 4.98 Å². The number of carbonyl (C=O) groups is 2. The second-order valence-corrected chi connectivity index (χ2v) is 7.68. The predicted octanol–water partition coefficient (Wildman–Crippen LogP) is 2.77. The lowest BCUT2D eigenvalue weighted by Crippen LogP contribution is -2.52. The summed E-state index contributed by atoms with van der Waals surface area (Å²) in [4.78, 5) is 32.2. The highest BCUT2D eigenvalue weighted by atomic mass is 35.5. The molecule has 2 aromatic rings. The quantitative estimate of drug-likeness (QED) is 0.753. The molecule has 3 rings (SSSR count). The lowest BCUT2D eigenvalue weighted by molar-refractivity contribution is -0.133. The van der Waals surface area contributed by atoms with Crippen LogP contribution < -0.4 is 0 Å². The third-order valence-corrected chi connectivity index (χ3v) is 4.54. The molecule has 1 fully saturated rings. The molecule has 0 N–H and O–H groups in total. The molecule has 0 spiro atoms. The molecule has 0 radical (unpaired) electrons. The van der Waals surface area contributed by atoms with Crippen LogP contribution in [0.25, 0.3) is 10.9 Å². The third kappa shape index (κ3) is 4.09. The smallest absolute Gasteiger partial charge is 0.410 e. The van der Waals surface area contributed by atoms with Crippen LogP contribution >= 0.6 is 11.6 Å². The molecule has 0 atom stereocenters. The Kier molecular flexibility index (Phi) is 5.09. The fourth-order valence-electron chi connectivity index (χ4n) is 2.94.